The van der Waals surface area contributed by atoms with Crippen LogP contribution >= 0.6 is 7.92 Å². The van der Waals surface area contributed by atoms with E-state index in [9.17, 15) is 4.79 Å². The fourth-order valence-electron chi connectivity index (χ4n) is 5.93. The molecule has 0 saturated heterocycles. The normalized spacial score (nSPS) is 16.4. The van der Waals surface area contributed by atoms with Crippen LogP contribution in [0.4, 0.5) is 0 Å². The molecule has 3 aromatic carbocycles. The molecule has 0 aliphatic carbocycles. The van der Waals surface area contributed by atoms with E-state index in [1.807, 2.05) is 12.3 Å². The molecule has 0 bridgehead atoms. The summed E-state index contributed by atoms with van der Waals surface area (Å²) in [7, 11) is -0.601. The number of pyridine rings is 2. The largest absolute Gasteiger partial charge is 0.477 e. The van der Waals surface area contributed by atoms with Crippen LogP contribution in [0.15, 0.2) is 103 Å². The SMILES string of the molecule is CC1(C)c2[c-]c(-c3ccccn3)cc3c2P(c2ccccc21)c1ccccc1C3(C)C.O=C(O)c1ccccn1.[Ir]. The monoisotopic (exact) mass is 734 g/mol. The van der Waals surface area contributed by atoms with E-state index in [-0.39, 0.29) is 36.6 Å². The van der Waals surface area contributed by atoms with Crippen LogP contribution < -0.4 is 15.9 Å². The Morgan fingerprint density at radius 2 is 1.29 bits per heavy atom. The Hall–Kier alpha value is -3.49. The third-order valence-corrected chi connectivity index (χ3v) is 10.7. The molecule has 2 aromatic heterocycles. The average Bonchev–Trinajstić information content (AvgIpc) is 2.98. The maximum Gasteiger partial charge on any atom is 0.354 e. The van der Waals surface area contributed by atoms with Crippen molar-refractivity contribution in [3.63, 3.8) is 0 Å². The average molecular weight is 734 g/mol. The van der Waals surface area contributed by atoms with Gasteiger partial charge in [-0.3, -0.25) is 0 Å². The van der Waals surface area contributed by atoms with Gasteiger partial charge in [0.15, 0.2) is 0 Å². The van der Waals surface area contributed by atoms with E-state index in [0.29, 0.717) is 0 Å². The first-order valence-electron chi connectivity index (χ1n) is 13.4. The van der Waals surface area contributed by atoms with E-state index in [2.05, 4.69) is 110 Å². The van der Waals surface area contributed by atoms with Crippen molar-refractivity contribution in [2.45, 2.75) is 38.5 Å². The smallest absolute Gasteiger partial charge is 0.354 e. The number of nitrogens with zero attached hydrogens (tertiary/aromatic N) is 2. The second-order valence-corrected chi connectivity index (χ2v) is 13.3. The molecule has 2 aliphatic rings. The molecule has 0 amide bonds. The third kappa shape index (κ3) is 4.87. The minimum absolute atomic E-state index is 0. The first-order chi connectivity index (χ1) is 19.2. The van der Waals surface area contributed by atoms with Crippen molar-refractivity contribution in [3.8, 4) is 11.3 Å². The van der Waals surface area contributed by atoms with E-state index in [4.69, 9.17) is 5.11 Å². The van der Waals surface area contributed by atoms with Gasteiger partial charge in [-0.1, -0.05) is 108 Å². The summed E-state index contributed by atoms with van der Waals surface area (Å²) in [5.41, 5.74) is 7.67. The van der Waals surface area contributed by atoms with E-state index in [1.165, 1.54) is 50.4 Å². The summed E-state index contributed by atoms with van der Waals surface area (Å²) in [6, 6.07) is 35.3. The molecule has 7 rings (SSSR count). The molecule has 0 saturated carbocycles. The molecule has 6 heteroatoms. The number of hydrogen-bond acceptors (Lipinski definition) is 3. The van der Waals surface area contributed by atoms with Crippen molar-refractivity contribution in [1.29, 1.82) is 0 Å². The Bertz CT molecular complexity index is 1660. The Balaban J connectivity index is 0.000000291. The molecule has 0 fully saturated rings. The minimum Gasteiger partial charge on any atom is -0.477 e. The van der Waals surface area contributed by atoms with Crippen molar-refractivity contribution in [1.82, 2.24) is 9.97 Å². The van der Waals surface area contributed by atoms with Crippen LogP contribution in [-0.4, -0.2) is 21.0 Å². The van der Waals surface area contributed by atoms with Gasteiger partial charge in [0.25, 0.3) is 0 Å². The zero-order valence-electron chi connectivity index (χ0n) is 23.3. The topological polar surface area (TPSA) is 63.1 Å². The van der Waals surface area contributed by atoms with E-state index >= 15 is 0 Å². The van der Waals surface area contributed by atoms with Crippen molar-refractivity contribution >= 4 is 29.8 Å². The molecule has 1 unspecified atom stereocenters. The van der Waals surface area contributed by atoms with Gasteiger partial charge in [0.2, 0.25) is 0 Å². The number of carbonyl (C=O) groups is 1. The van der Waals surface area contributed by atoms with Gasteiger partial charge in [-0.15, -0.1) is 28.8 Å². The van der Waals surface area contributed by atoms with Gasteiger partial charge in [0.05, 0.1) is 0 Å². The van der Waals surface area contributed by atoms with Crippen LogP contribution in [0.1, 0.15) is 60.4 Å². The number of carboxylic acids is 1. The second kappa shape index (κ2) is 11.1. The third-order valence-electron chi connectivity index (χ3n) is 8.02. The number of rotatable bonds is 2. The maximum absolute atomic E-state index is 10.1. The van der Waals surface area contributed by atoms with Crippen LogP contribution in [0, 0.1) is 6.07 Å². The Morgan fingerprint density at radius 3 is 1.83 bits per heavy atom. The summed E-state index contributed by atoms with van der Waals surface area (Å²) < 4.78 is 0. The van der Waals surface area contributed by atoms with Gasteiger partial charge in [-0.25, -0.2) is 9.78 Å². The Kier molecular flexibility index (Phi) is 7.83. The van der Waals surface area contributed by atoms with Gasteiger partial charge in [-0.2, -0.15) is 0 Å². The van der Waals surface area contributed by atoms with Crippen molar-refractivity contribution in [2.24, 2.45) is 0 Å². The fraction of sp³-hybridized carbons (Fsp3) is 0.171. The van der Waals surface area contributed by atoms with Gasteiger partial charge in [0, 0.05) is 32.5 Å². The summed E-state index contributed by atoms with van der Waals surface area (Å²) in [5.74, 6) is -0.990. The van der Waals surface area contributed by atoms with Crippen LogP contribution in [0.3, 0.4) is 0 Å². The molecule has 1 N–H and O–H groups in total. The van der Waals surface area contributed by atoms with E-state index in [1.54, 1.807) is 12.1 Å². The molecule has 41 heavy (non-hydrogen) atoms. The minimum atomic E-state index is -0.990. The van der Waals surface area contributed by atoms with Gasteiger partial charge in [-0.05, 0) is 56.5 Å². The van der Waals surface area contributed by atoms with Gasteiger partial charge < -0.3 is 10.1 Å². The maximum atomic E-state index is 10.1. The zero-order valence-corrected chi connectivity index (χ0v) is 26.6. The van der Waals surface area contributed by atoms with Crippen LogP contribution in [0.25, 0.3) is 11.3 Å². The summed E-state index contributed by atoms with van der Waals surface area (Å²) in [6.45, 7) is 9.48. The molecule has 1 radical (unpaired) electrons. The summed E-state index contributed by atoms with van der Waals surface area (Å²) >= 11 is 0. The van der Waals surface area contributed by atoms with E-state index < -0.39 is 13.9 Å². The first-order valence-corrected chi connectivity index (χ1v) is 14.7. The zero-order chi connectivity index (χ0) is 28.1. The fourth-order valence-corrected chi connectivity index (χ4v) is 9.48. The Labute approximate surface area is 256 Å². The first kappa shape index (κ1) is 29.0. The van der Waals surface area contributed by atoms with Crippen molar-refractivity contribution in [3.05, 3.63) is 137 Å². The predicted octanol–water partition coefficient (Wildman–Crippen LogP) is 6.36. The van der Waals surface area contributed by atoms with Crippen LogP contribution in [-0.2, 0) is 30.9 Å². The van der Waals surface area contributed by atoms with Crippen molar-refractivity contribution < 1.29 is 30.0 Å². The summed E-state index contributed by atoms with van der Waals surface area (Å²) in [5, 5.41) is 12.8. The quantitative estimate of drug-likeness (QED) is 0.170. The van der Waals surface area contributed by atoms with Gasteiger partial charge >= 0.3 is 5.97 Å². The number of benzene rings is 3. The van der Waals surface area contributed by atoms with Crippen LogP contribution in [0.5, 0.6) is 0 Å². The molecule has 4 heterocycles. The molecule has 0 spiro atoms. The number of carboxylic acid groups (broad SMARTS) is 1. The molecular weight excluding hydrogens is 704 g/mol. The molecule has 207 valence electrons. The standard InChI is InChI=1S/C29H25NP.C6H5NO2.Ir/c1-28(2)20-11-5-7-14-25(20)31-26-15-8-6-12-21(26)29(3,4)23-18-19(17-22(28)27(23)31)24-13-9-10-16-30-24;8-6(9)5-3-1-2-4-7-5;/h5-17H,1-4H3;1-4H,(H,8,9);/q-1;;. The number of aromatic nitrogens is 2. The van der Waals surface area contributed by atoms with E-state index in [0.717, 1.165) is 11.3 Å². The number of fused-ring (bicyclic) bond motifs is 4. The predicted molar refractivity (Wildman–Crippen MR) is 163 cm³/mol. The second-order valence-electron chi connectivity index (χ2n) is 11.2. The molecular formula is C35H30IrN2O2P-. The summed E-state index contributed by atoms with van der Waals surface area (Å²) in [6.07, 6.45) is 3.32. The molecule has 5 aromatic rings. The molecule has 1 atom stereocenters. The number of aromatic carboxylic acids is 1. The molecule has 2 aliphatic heterocycles. The van der Waals surface area contributed by atoms with Crippen molar-refractivity contribution in [2.75, 3.05) is 0 Å². The Morgan fingerprint density at radius 1 is 0.732 bits per heavy atom. The van der Waals surface area contributed by atoms with Gasteiger partial charge in [0.1, 0.15) is 5.69 Å². The van der Waals surface area contributed by atoms with Crippen LogP contribution in [0.2, 0.25) is 0 Å². The summed E-state index contributed by atoms with van der Waals surface area (Å²) in [4.78, 5) is 18.4. The molecule has 4 nitrogen and oxygen atoms in total. The number of hydrogen-bond donors (Lipinski definition) is 1.